The highest BCUT2D eigenvalue weighted by Gasteiger charge is 2.09. The number of hydrogen-bond acceptors (Lipinski definition) is 3. The summed E-state index contributed by atoms with van der Waals surface area (Å²) in [6.45, 7) is 3.69. The Kier molecular flexibility index (Phi) is 3.21. The lowest BCUT2D eigenvalue weighted by Crippen LogP contribution is -2.26. The Morgan fingerprint density at radius 3 is 2.33 bits per heavy atom. The molecule has 0 fully saturated rings. The molecule has 0 spiro atoms. The predicted molar refractivity (Wildman–Crippen MR) is 61.9 cm³/mol. The summed E-state index contributed by atoms with van der Waals surface area (Å²) in [5.41, 5.74) is 8.52. The Morgan fingerprint density at radius 2 is 1.80 bits per heavy atom. The molecule has 5 nitrogen and oxygen atoms in total. The summed E-state index contributed by atoms with van der Waals surface area (Å²) >= 11 is 0. The molecule has 0 unspecified atom stereocenters. The van der Waals surface area contributed by atoms with E-state index in [1.54, 1.807) is 6.07 Å². The molecule has 0 aliphatic heterocycles. The van der Waals surface area contributed by atoms with Gasteiger partial charge in [-0.1, -0.05) is 6.07 Å². The summed E-state index contributed by atoms with van der Waals surface area (Å²) in [7, 11) is -2.14. The number of nitrogen functional groups attached to an aromatic ring is 1. The Balaban J connectivity index is 3.12. The van der Waals surface area contributed by atoms with Crippen LogP contribution < -0.4 is 15.2 Å². The summed E-state index contributed by atoms with van der Waals surface area (Å²) in [6, 6.07) is 3.45. The van der Waals surface area contributed by atoms with Crippen molar-refractivity contribution >= 4 is 21.6 Å². The van der Waals surface area contributed by atoms with Gasteiger partial charge in [0.05, 0.1) is 5.69 Å². The van der Waals surface area contributed by atoms with Crippen molar-refractivity contribution in [1.82, 2.24) is 4.72 Å². The molecule has 0 radical (unpaired) electrons. The van der Waals surface area contributed by atoms with Crippen LogP contribution in [0.3, 0.4) is 0 Å². The van der Waals surface area contributed by atoms with E-state index in [-0.39, 0.29) is 0 Å². The normalized spacial score (nSPS) is 11.4. The molecule has 0 bridgehead atoms. The van der Waals surface area contributed by atoms with Crippen molar-refractivity contribution in [3.63, 3.8) is 0 Å². The SMILES string of the molecule is CNS(=O)(=O)Nc1cc(N)c(C)cc1C. The highest BCUT2D eigenvalue weighted by Crippen LogP contribution is 2.22. The monoisotopic (exact) mass is 229 g/mol. The molecule has 0 aliphatic rings. The molecule has 0 saturated carbocycles. The molecule has 0 saturated heterocycles. The third-order valence-corrected chi connectivity index (χ3v) is 3.15. The van der Waals surface area contributed by atoms with E-state index in [1.807, 2.05) is 19.9 Å². The molecule has 0 aromatic heterocycles. The molecule has 1 rings (SSSR count). The zero-order valence-electron chi connectivity index (χ0n) is 8.96. The molecule has 0 amide bonds. The molecule has 6 heteroatoms. The van der Waals surface area contributed by atoms with Crippen LogP contribution in [0.25, 0.3) is 0 Å². The van der Waals surface area contributed by atoms with E-state index in [9.17, 15) is 8.42 Å². The van der Waals surface area contributed by atoms with Crippen LogP contribution in [0.4, 0.5) is 11.4 Å². The van der Waals surface area contributed by atoms with E-state index in [0.29, 0.717) is 11.4 Å². The van der Waals surface area contributed by atoms with Gasteiger partial charge in [0.2, 0.25) is 0 Å². The van der Waals surface area contributed by atoms with Crippen LogP contribution in [-0.2, 0) is 10.2 Å². The summed E-state index contributed by atoms with van der Waals surface area (Å²) in [5.74, 6) is 0. The number of benzene rings is 1. The van der Waals surface area contributed by atoms with Gasteiger partial charge in [-0.15, -0.1) is 0 Å². The summed E-state index contributed by atoms with van der Waals surface area (Å²) in [5, 5.41) is 0. The van der Waals surface area contributed by atoms with E-state index in [1.165, 1.54) is 7.05 Å². The molecular weight excluding hydrogens is 214 g/mol. The van der Waals surface area contributed by atoms with Gasteiger partial charge in [0.1, 0.15) is 0 Å². The maximum atomic E-state index is 11.3. The second-order valence-electron chi connectivity index (χ2n) is 3.33. The van der Waals surface area contributed by atoms with Crippen molar-refractivity contribution in [2.45, 2.75) is 13.8 Å². The first kappa shape index (κ1) is 11.8. The fourth-order valence-corrected chi connectivity index (χ4v) is 1.79. The fraction of sp³-hybridized carbons (Fsp3) is 0.333. The van der Waals surface area contributed by atoms with Gasteiger partial charge < -0.3 is 5.73 Å². The average molecular weight is 229 g/mol. The number of nitrogens with two attached hydrogens (primary N) is 1. The second-order valence-corrected chi connectivity index (χ2v) is 4.95. The smallest absolute Gasteiger partial charge is 0.298 e. The standard InChI is InChI=1S/C9H15N3O2S/c1-6-4-7(2)9(5-8(6)10)12-15(13,14)11-3/h4-5,11-12H,10H2,1-3H3. The number of rotatable bonds is 3. The lowest BCUT2D eigenvalue weighted by molar-refractivity contribution is 0.593. The molecule has 84 valence electrons. The maximum absolute atomic E-state index is 11.3. The lowest BCUT2D eigenvalue weighted by Gasteiger charge is -2.11. The zero-order valence-corrected chi connectivity index (χ0v) is 9.77. The summed E-state index contributed by atoms with van der Waals surface area (Å²) < 4.78 is 27.1. The van der Waals surface area contributed by atoms with Crippen molar-refractivity contribution in [1.29, 1.82) is 0 Å². The average Bonchev–Trinajstić information content (AvgIpc) is 2.14. The van der Waals surface area contributed by atoms with Gasteiger partial charge in [-0.2, -0.15) is 8.42 Å². The second kappa shape index (κ2) is 4.08. The topological polar surface area (TPSA) is 84.2 Å². The molecule has 4 N–H and O–H groups in total. The van der Waals surface area contributed by atoms with Crippen LogP contribution in [0.1, 0.15) is 11.1 Å². The van der Waals surface area contributed by atoms with Crippen LogP contribution in [0.5, 0.6) is 0 Å². The van der Waals surface area contributed by atoms with E-state index in [0.717, 1.165) is 11.1 Å². The first-order valence-corrected chi connectivity index (χ1v) is 5.92. The maximum Gasteiger partial charge on any atom is 0.298 e. The minimum Gasteiger partial charge on any atom is -0.398 e. The van der Waals surface area contributed by atoms with Crippen LogP contribution in [0, 0.1) is 13.8 Å². The van der Waals surface area contributed by atoms with Crippen LogP contribution in [0.15, 0.2) is 12.1 Å². The highest BCUT2D eigenvalue weighted by molar-refractivity contribution is 7.90. The largest absolute Gasteiger partial charge is 0.398 e. The number of anilines is 2. The van der Waals surface area contributed by atoms with Crippen molar-refractivity contribution in [3.8, 4) is 0 Å². The molecule has 15 heavy (non-hydrogen) atoms. The molecule has 0 atom stereocenters. The van der Waals surface area contributed by atoms with E-state index in [4.69, 9.17) is 5.73 Å². The van der Waals surface area contributed by atoms with Crippen LogP contribution in [-0.4, -0.2) is 15.5 Å². The molecule has 1 aromatic carbocycles. The molecular formula is C9H15N3O2S. The van der Waals surface area contributed by atoms with E-state index in [2.05, 4.69) is 9.44 Å². The Labute approximate surface area is 89.9 Å². The van der Waals surface area contributed by atoms with Crippen LogP contribution in [0.2, 0.25) is 0 Å². The molecule has 1 aromatic rings. The Hall–Kier alpha value is -1.27. The molecule has 0 heterocycles. The predicted octanol–water partition coefficient (Wildman–Crippen LogP) is 0.762. The van der Waals surface area contributed by atoms with Crippen molar-refractivity contribution in [2.24, 2.45) is 0 Å². The van der Waals surface area contributed by atoms with Gasteiger partial charge in [0.25, 0.3) is 10.2 Å². The first-order valence-electron chi connectivity index (χ1n) is 4.43. The van der Waals surface area contributed by atoms with E-state index < -0.39 is 10.2 Å². The third-order valence-electron chi connectivity index (χ3n) is 2.13. The minimum atomic E-state index is -3.48. The Morgan fingerprint density at radius 1 is 1.20 bits per heavy atom. The van der Waals surface area contributed by atoms with Gasteiger partial charge in [0, 0.05) is 12.7 Å². The minimum absolute atomic E-state index is 0.493. The zero-order chi connectivity index (χ0) is 11.6. The van der Waals surface area contributed by atoms with Crippen LogP contribution >= 0.6 is 0 Å². The number of hydrogen-bond donors (Lipinski definition) is 3. The van der Waals surface area contributed by atoms with Crippen molar-refractivity contribution in [2.75, 3.05) is 17.5 Å². The van der Waals surface area contributed by atoms with Gasteiger partial charge in [-0.25, -0.2) is 4.72 Å². The van der Waals surface area contributed by atoms with Crippen molar-refractivity contribution in [3.05, 3.63) is 23.3 Å². The fourth-order valence-electron chi connectivity index (χ4n) is 1.17. The number of aryl methyl sites for hydroxylation is 2. The van der Waals surface area contributed by atoms with Gasteiger partial charge in [0.15, 0.2) is 0 Å². The van der Waals surface area contributed by atoms with Gasteiger partial charge in [-0.3, -0.25) is 4.72 Å². The summed E-state index contributed by atoms with van der Waals surface area (Å²) in [4.78, 5) is 0. The van der Waals surface area contributed by atoms with Gasteiger partial charge >= 0.3 is 0 Å². The first-order chi connectivity index (χ1) is 6.85. The van der Waals surface area contributed by atoms with E-state index >= 15 is 0 Å². The van der Waals surface area contributed by atoms with Gasteiger partial charge in [-0.05, 0) is 31.0 Å². The quantitative estimate of drug-likeness (QED) is 0.669. The number of nitrogens with one attached hydrogen (secondary N) is 2. The third kappa shape index (κ3) is 2.84. The summed E-state index contributed by atoms with van der Waals surface area (Å²) in [6.07, 6.45) is 0. The van der Waals surface area contributed by atoms with Crippen molar-refractivity contribution < 1.29 is 8.42 Å². The Bertz CT molecular complexity index is 468. The highest BCUT2D eigenvalue weighted by atomic mass is 32.2. The molecule has 0 aliphatic carbocycles. The lowest BCUT2D eigenvalue weighted by atomic mass is 10.1.